The van der Waals surface area contributed by atoms with Crippen LogP contribution in [-0.4, -0.2) is 31.7 Å². The molecule has 1 aliphatic heterocycles. The molecule has 0 aromatic heterocycles. The third kappa shape index (κ3) is 4.31. The Hall–Kier alpha value is -1.96. The number of carbonyl (C=O) groups excluding carboxylic acids is 1. The summed E-state index contributed by atoms with van der Waals surface area (Å²) in [5.41, 5.74) is 0.100. The molecule has 2 aromatic rings. The largest absolute Gasteiger partial charge is 0.322 e. The minimum Gasteiger partial charge on any atom is -0.322 e. The van der Waals surface area contributed by atoms with Crippen molar-refractivity contribution in [3.05, 3.63) is 58.9 Å². The van der Waals surface area contributed by atoms with Gasteiger partial charge < -0.3 is 5.32 Å². The summed E-state index contributed by atoms with van der Waals surface area (Å²) >= 11 is 5.89. The van der Waals surface area contributed by atoms with Crippen LogP contribution in [0.25, 0.3) is 0 Å². The zero-order valence-electron chi connectivity index (χ0n) is 14.8. The van der Waals surface area contributed by atoms with Gasteiger partial charge in [-0.3, -0.25) is 4.79 Å². The molecule has 5 nitrogen and oxygen atoms in total. The first-order chi connectivity index (χ1) is 12.8. The van der Waals surface area contributed by atoms with Crippen LogP contribution in [0.15, 0.2) is 47.4 Å². The van der Waals surface area contributed by atoms with Crippen LogP contribution in [0.2, 0.25) is 5.02 Å². The van der Waals surface area contributed by atoms with Crippen LogP contribution in [0.5, 0.6) is 0 Å². The SMILES string of the molecule is C[C@@H]1CCCN(S(=O)(=O)c2ccc(NC(=O)c3c(F)cccc3Cl)cc2)C1. The van der Waals surface area contributed by atoms with E-state index in [0.29, 0.717) is 24.7 Å². The lowest BCUT2D eigenvalue weighted by molar-refractivity contribution is 0.102. The third-order valence-corrected chi connectivity index (χ3v) is 6.75. The number of halogens is 2. The Morgan fingerprint density at radius 1 is 1.22 bits per heavy atom. The Bertz CT molecular complexity index is 928. The van der Waals surface area contributed by atoms with E-state index in [2.05, 4.69) is 5.32 Å². The van der Waals surface area contributed by atoms with E-state index in [9.17, 15) is 17.6 Å². The number of sulfonamides is 1. The molecule has 0 saturated carbocycles. The monoisotopic (exact) mass is 410 g/mol. The molecule has 1 fully saturated rings. The van der Waals surface area contributed by atoms with Crippen LogP contribution in [0.3, 0.4) is 0 Å². The molecule has 1 aliphatic rings. The van der Waals surface area contributed by atoms with Crippen molar-refractivity contribution in [3.63, 3.8) is 0 Å². The number of hydrogen-bond acceptors (Lipinski definition) is 3. The molecule has 3 rings (SSSR count). The van der Waals surface area contributed by atoms with Crippen molar-refractivity contribution in [3.8, 4) is 0 Å². The fourth-order valence-corrected chi connectivity index (χ4v) is 4.98. The highest BCUT2D eigenvalue weighted by Crippen LogP contribution is 2.25. The van der Waals surface area contributed by atoms with Gasteiger partial charge in [-0.15, -0.1) is 0 Å². The molecule has 1 atom stereocenters. The van der Waals surface area contributed by atoms with Crippen LogP contribution in [-0.2, 0) is 10.0 Å². The normalized spacial score (nSPS) is 18.3. The second-order valence-corrected chi connectivity index (χ2v) is 9.03. The molecule has 0 bridgehead atoms. The summed E-state index contributed by atoms with van der Waals surface area (Å²) < 4.78 is 40.8. The highest BCUT2D eigenvalue weighted by Gasteiger charge is 2.28. The second kappa shape index (κ2) is 7.96. The number of carbonyl (C=O) groups is 1. The molecule has 8 heteroatoms. The van der Waals surface area contributed by atoms with Crippen molar-refractivity contribution in [2.75, 3.05) is 18.4 Å². The van der Waals surface area contributed by atoms with Crippen molar-refractivity contribution >= 4 is 33.2 Å². The average molecular weight is 411 g/mol. The first-order valence-electron chi connectivity index (χ1n) is 8.64. The molecule has 27 heavy (non-hydrogen) atoms. The number of piperidine rings is 1. The first-order valence-corrected chi connectivity index (χ1v) is 10.5. The molecule has 1 heterocycles. The fourth-order valence-electron chi connectivity index (χ4n) is 3.13. The number of anilines is 1. The predicted molar refractivity (Wildman–Crippen MR) is 103 cm³/mol. The summed E-state index contributed by atoms with van der Waals surface area (Å²) in [4.78, 5) is 12.4. The van der Waals surface area contributed by atoms with Crippen molar-refractivity contribution < 1.29 is 17.6 Å². The van der Waals surface area contributed by atoms with Gasteiger partial charge in [0.2, 0.25) is 10.0 Å². The van der Waals surface area contributed by atoms with Crippen LogP contribution >= 0.6 is 11.6 Å². The van der Waals surface area contributed by atoms with Gasteiger partial charge in [-0.25, -0.2) is 12.8 Å². The minimum absolute atomic E-state index is 0.00548. The first kappa shape index (κ1) is 19.8. The molecule has 1 N–H and O–H groups in total. The van der Waals surface area contributed by atoms with E-state index in [-0.39, 0.29) is 15.5 Å². The number of nitrogens with one attached hydrogen (secondary N) is 1. The van der Waals surface area contributed by atoms with Gasteiger partial charge in [0, 0.05) is 18.8 Å². The van der Waals surface area contributed by atoms with Crippen molar-refractivity contribution in [1.29, 1.82) is 0 Å². The van der Waals surface area contributed by atoms with Gasteiger partial charge in [0.1, 0.15) is 5.82 Å². The summed E-state index contributed by atoms with van der Waals surface area (Å²) in [7, 11) is -3.57. The smallest absolute Gasteiger partial charge is 0.260 e. The number of amides is 1. The average Bonchev–Trinajstić information content (AvgIpc) is 2.62. The molecule has 0 spiro atoms. The van der Waals surface area contributed by atoms with E-state index in [0.717, 1.165) is 18.9 Å². The topological polar surface area (TPSA) is 66.5 Å². The summed E-state index contributed by atoms with van der Waals surface area (Å²) in [6, 6.07) is 9.82. The molecule has 1 saturated heterocycles. The molecule has 0 aliphatic carbocycles. The van der Waals surface area contributed by atoms with Gasteiger partial charge in [0.25, 0.3) is 5.91 Å². The van der Waals surface area contributed by atoms with Crippen molar-refractivity contribution in [1.82, 2.24) is 4.31 Å². The van der Waals surface area contributed by atoms with Gasteiger partial charge in [0.15, 0.2) is 0 Å². The Labute approximate surface area is 163 Å². The van der Waals surface area contributed by atoms with E-state index in [1.807, 2.05) is 6.92 Å². The van der Waals surface area contributed by atoms with Gasteiger partial charge in [-0.1, -0.05) is 24.6 Å². The molecular weight excluding hydrogens is 391 g/mol. The Morgan fingerprint density at radius 2 is 1.93 bits per heavy atom. The Morgan fingerprint density at radius 3 is 2.56 bits per heavy atom. The number of rotatable bonds is 4. The number of benzene rings is 2. The van der Waals surface area contributed by atoms with Crippen molar-refractivity contribution in [2.24, 2.45) is 5.92 Å². The highest BCUT2D eigenvalue weighted by atomic mass is 35.5. The van der Waals surface area contributed by atoms with E-state index in [4.69, 9.17) is 11.6 Å². The van der Waals surface area contributed by atoms with Crippen LogP contribution in [0.1, 0.15) is 30.1 Å². The maximum Gasteiger partial charge on any atom is 0.260 e. The summed E-state index contributed by atoms with van der Waals surface area (Å²) in [5.74, 6) is -1.09. The van der Waals surface area contributed by atoms with Gasteiger partial charge >= 0.3 is 0 Å². The third-order valence-electron chi connectivity index (χ3n) is 4.56. The minimum atomic E-state index is -3.57. The molecule has 144 valence electrons. The lowest BCUT2D eigenvalue weighted by Gasteiger charge is -2.30. The zero-order valence-corrected chi connectivity index (χ0v) is 16.4. The molecule has 2 aromatic carbocycles. The Balaban J connectivity index is 1.76. The predicted octanol–water partition coefficient (Wildman–Crippen LogP) is 4.15. The summed E-state index contributed by atoms with van der Waals surface area (Å²) in [6.45, 7) is 3.05. The summed E-state index contributed by atoms with van der Waals surface area (Å²) in [5, 5.41) is 2.54. The van der Waals surface area contributed by atoms with E-state index in [1.54, 1.807) is 0 Å². The van der Waals surface area contributed by atoms with E-state index < -0.39 is 21.7 Å². The Kier molecular flexibility index (Phi) is 5.83. The van der Waals surface area contributed by atoms with Gasteiger partial charge in [-0.05, 0) is 55.2 Å². The van der Waals surface area contributed by atoms with Crippen LogP contribution in [0.4, 0.5) is 10.1 Å². The zero-order chi connectivity index (χ0) is 19.6. The van der Waals surface area contributed by atoms with Crippen LogP contribution < -0.4 is 5.32 Å². The molecule has 1 amide bonds. The molecule has 0 unspecified atom stereocenters. The second-order valence-electron chi connectivity index (χ2n) is 6.69. The van der Waals surface area contributed by atoms with E-state index in [1.165, 1.54) is 40.7 Å². The maximum atomic E-state index is 13.8. The number of nitrogens with zero attached hydrogens (tertiary/aromatic N) is 1. The standard InChI is InChI=1S/C19H20ClFN2O3S/c1-13-4-3-11-23(12-13)27(25,26)15-9-7-14(8-10-15)22-19(24)18-16(20)5-2-6-17(18)21/h2,5-10,13H,3-4,11-12H2,1H3,(H,22,24)/t13-/m1/s1. The quantitative estimate of drug-likeness (QED) is 0.823. The number of hydrogen-bond donors (Lipinski definition) is 1. The molecular formula is C19H20ClFN2O3S. The molecule has 0 radical (unpaired) electrons. The van der Waals surface area contributed by atoms with Crippen molar-refractivity contribution in [2.45, 2.75) is 24.7 Å². The van der Waals surface area contributed by atoms with Gasteiger partial charge in [-0.2, -0.15) is 4.31 Å². The highest BCUT2D eigenvalue weighted by molar-refractivity contribution is 7.89. The van der Waals surface area contributed by atoms with E-state index >= 15 is 0 Å². The summed E-state index contributed by atoms with van der Waals surface area (Å²) in [6.07, 6.45) is 1.87. The van der Waals surface area contributed by atoms with Gasteiger partial charge in [0.05, 0.1) is 15.5 Å². The lowest BCUT2D eigenvalue weighted by atomic mass is 10.0. The van der Waals surface area contributed by atoms with Crippen LogP contribution in [0, 0.1) is 11.7 Å². The lowest BCUT2D eigenvalue weighted by Crippen LogP contribution is -2.39. The maximum absolute atomic E-state index is 13.8. The fraction of sp³-hybridized carbons (Fsp3) is 0.316.